The van der Waals surface area contributed by atoms with E-state index in [1.807, 2.05) is 13.8 Å². The molecule has 0 fully saturated rings. The molecular formula is C17H19NO5S. The third-order valence-corrected chi connectivity index (χ3v) is 4.20. The summed E-state index contributed by atoms with van der Waals surface area (Å²) in [5.74, 6) is -0.324. The first kappa shape index (κ1) is 17.8. The van der Waals surface area contributed by atoms with Crippen molar-refractivity contribution in [3.63, 3.8) is 0 Å². The van der Waals surface area contributed by atoms with Crippen molar-refractivity contribution in [2.45, 2.75) is 26.9 Å². The maximum atomic E-state index is 12.4. The minimum atomic E-state index is -1.05. The van der Waals surface area contributed by atoms with E-state index in [0.717, 1.165) is 11.3 Å². The van der Waals surface area contributed by atoms with Crippen LogP contribution in [0.3, 0.4) is 0 Å². The number of amides is 1. The van der Waals surface area contributed by atoms with Gasteiger partial charge in [0.05, 0.1) is 24.5 Å². The number of nitrogens with one attached hydrogen (secondary N) is 1. The van der Waals surface area contributed by atoms with Crippen LogP contribution in [0.1, 0.15) is 38.8 Å². The van der Waals surface area contributed by atoms with Crippen molar-refractivity contribution in [3.05, 3.63) is 39.6 Å². The number of rotatable bonds is 6. The van der Waals surface area contributed by atoms with E-state index in [0.29, 0.717) is 27.6 Å². The van der Waals surface area contributed by atoms with Crippen LogP contribution in [-0.4, -0.2) is 30.2 Å². The van der Waals surface area contributed by atoms with E-state index in [2.05, 4.69) is 5.32 Å². The molecule has 0 bridgehead atoms. The zero-order chi connectivity index (χ0) is 17.9. The van der Waals surface area contributed by atoms with Crippen molar-refractivity contribution in [3.8, 4) is 11.5 Å². The number of anilines is 1. The normalized spacial score (nSPS) is 10.5. The number of methoxy groups -OCH3 is 1. The first-order chi connectivity index (χ1) is 11.3. The fourth-order valence-electron chi connectivity index (χ4n) is 2.12. The van der Waals surface area contributed by atoms with Crippen LogP contribution in [-0.2, 0) is 0 Å². The van der Waals surface area contributed by atoms with Crippen molar-refractivity contribution in [2.24, 2.45) is 0 Å². The highest BCUT2D eigenvalue weighted by molar-refractivity contribution is 7.14. The molecular weight excluding hydrogens is 330 g/mol. The predicted octanol–water partition coefficient (Wildman–Crippen LogP) is 3.80. The van der Waals surface area contributed by atoms with Gasteiger partial charge in [-0.25, -0.2) is 4.79 Å². The summed E-state index contributed by atoms with van der Waals surface area (Å²) in [4.78, 5) is 24.2. The molecule has 6 nitrogen and oxygen atoms in total. The summed E-state index contributed by atoms with van der Waals surface area (Å²) < 4.78 is 10.9. The van der Waals surface area contributed by atoms with Crippen LogP contribution >= 0.6 is 11.3 Å². The second kappa shape index (κ2) is 7.35. The van der Waals surface area contributed by atoms with Crippen molar-refractivity contribution in [1.82, 2.24) is 0 Å². The number of ether oxygens (including phenoxy) is 2. The summed E-state index contributed by atoms with van der Waals surface area (Å²) in [6, 6.07) is 6.49. The number of carboxylic acid groups (broad SMARTS) is 1. The monoisotopic (exact) mass is 349 g/mol. The molecule has 1 amide bonds. The highest BCUT2D eigenvalue weighted by Gasteiger charge is 2.18. The lowest BCUT2D eigenvalue weighted by Crippen LogP contribution is -2.13. The minimum Gasteiger partial charge on any atom is -0.494 e. The van der Waals surface area contributed by atoms with Crippen molar-refractivity contribution in [1.29, 1.82) is 0 Å². The van der Waals surface area contributed by atoms with Gasteiger partial charge in [-0.1, -0.05) is 0 Å². The number of carboxylic acids is 1. The standard InChI is InChI=1S/C17H19NO5S/c1-9(2)23-11-5-6-13(14(7-11)22-4)18-16(19)12-8-15(17(20)21)24-10(12)3/h5-9H,1-4H3,(H,18,19)(H,20,21). The van der Waals surface area contributed by atoms with E-state index in [4.69, 9.17) is 14.6 Å². The number of benzene rings is 1. The van der Waals surface area contributed by atoms with Gasteiger partial charge in [0.25, 0.3) is 5.91 Å². The van der Waals surface area contributed by atoms with Gasteiger partial charge in [-0.15, -0.1) is 11.3 Å². The Hall–Kier alpha value is -2.54. The lowest BCUT2D eigenvalue weighted by atomic mass is 10.2. The molecule has 0 radical (unpaired) electrons. The van der Waals surface area contributed by atoms with Gasteiger partial charge in [0.15, 0.2) is 0 Å². The van der Waals surface area contributed by atoms with Gasteiger partial charge in [-0.2, -0.15) is 0 Å². The molecule has 0 unspecified atom stereocenters. The molecule has 0 aliphatic carbocycles. The maximum absolute atomic E-state index is 12.4. The number of thiophene rings is 1. The quantitative estimate of drug-likeness (QED) is 0.828. The third kappa shape index (κ3) is 4.05. The molecule has 0 aliphatic heterocycles. The third-order valence-electron chi connectivity index (χ3n) is 3.17. The lowest BCUT2D eigenvalue weighted by molar-refractivity contribution is 0.0702. The molecule has 1 heterocycles. The summed E-state index contributed by atoms with van der Waals surface area (Å²) in [5.41, 5.74) is 0.822. The molecule has 7 heteroatoms. The maximum Gasteiger partial charge on any atom is 0.345 e. The van der Waals surface area contributed by atoms with Crippen LogP contribution in [0.5, 0.6) is 11.5 Å². The summed E-state index contributed by atoms with van der Waals surface area (Å²) >= 11 is 1.07. The Kier molecular flexibility index (Phi) is 5.46. The molecule has 0 saturated carbocycles. The molecule has 1 aromatic carbocycles. The van der Waals surface area contributed by atoms with Crippen LogP contribution in [0.25, 0.3) is 0 Å². The average molecular weight is 349 g/mol. The molecule has 0 atom stereocenters. The number of carbonyl (C=O) groups is 2. The molecule has 24 heavy (non-hydrogen) atoms. The molecule has 0 spiro atoms. The first-order valence-electron chi connectivity index (χ1n) is 7.31. The highest BCUT2D eigenvalue weighted by atomic mass is 32.1. The SMILES string of the molecule is COc1cc(OC(C)C)ccc1NC(=O)c1cc(C(=O)O)sc1C. The van der Waals surface area contributed by atoms with Crippen molar-refractivity contribution in [2.75, 3.05) is 12.4 Å². The number of hydrogen-bond acceptors (Lipinski definition) is 5. The number of hydrogen-bond donors (Lipinski definition) is 2. The highest BCUT2D eigenvalue weighted by Crippen LogP contribution is 2.31. The summed E-state index contributed by atoms with van der Waals surface area (Å²) in [6.45, 7) is 5.55. The van der Waals surface area contributed by atoms with E-state index in [-0.39, 0.29) is 16.9 Å². The largest absolute Gasteiger partial charge is 0.494 e. The fraction of sp³-hybridized carbons (Fsp3) is 0.294. The zero-order valence-corrected chi connectivity index (χ0v) is 14.7. The van der Waals surface area contributed by atoms with Crippen molar-refractivity contribution >= 4 is 28.9 Å². The number of carbonyl (C=O) groups excluding carboxylic acids is 1. The van der Waals surface area contributed by atoms with Gasteiger partial charge in [-0.05, 0) is 39.0 Å². The zero-order valence-electron chi connectivity index (χ0n) is 13.9. The Morgan fingerprint density at radius 1 is 1.25 bits per heavy atom. The van der Waals surface area contributed by atoms with Crippen LogP contribution in [0.15, 0.2) is 24.3 Å². The predicted molar refractivity (Wildman–Crippen MR) is 92.7 cm³/mol. The Labute approximate surface area is 144 Å². The van der Waals surface area contributed by atoms with Crippen molar-refractivity contribution < 1.29 is 24.2 Å². The Morgan fingerprint density at radius 3 is 2.50 bits per heavy atom. The summed E-state index contributed by atoms with van der Waals surface area (Å²) in [6.07, 6.45) is 0.0260. The summed E-state index contributed by atoms with van der Waals surface area (Å²) in [5, 5.41) is 11.8. The van der Waals surface area contributed by atoms with Crippen LogP contribution in [0.2, 0.25) is 0 Å². The van der Waals surface area contributed by atoms with Gasteiger partial charge < -0.3 is 19.9 Å². The van der Waals surface area contributed by atoms with E-state index < -0.39 is 5.97 Å². The van der Waals surface area contributed by atoms with E-state index in [9.17, 15) is 9.59 Å². The smallest absolute Gasteiger partial charge is 0.345 e. The molecule has 2 N–H and O–H groups in total. The van der Waals surface area contributed by atoms with E-state index in [1.54, 1.807) is 25.1 Å². The minimum absolute atomic E-state index is 0.0260. The molecule has 0 saturated heterocycles. The fourth-order valence-corrected chi connectivity index (χ4v) is 2.98. The number of aromatic carboxylic acids is 1. The first-order valence-corrected chi connectivity index (χ1v) is 8.13. The second-order valence-corrected chi connectivity index (χ2v) is 6.62. The van der Waals surface area contributed by atoms with E-state index in [1.165, 1.54) is 13.2 Å². The molecule has 2 rings (SSSR count). The second-order valence-electron chi connectivity index (χ2n) is 5.37. The van der Waals surface area contributed by atoms with Crippen LogP contribution in [0.4, 0.5) is 5.69 Å². The van der Waals surface area contributed by atoms with Gasteiger partial charge in [0, 0.05) is 10.9 Å². The van der Waals surface area contributed by atoms with Gasteiger partial charge in [0.1, 0.15) is 16.4 Å². The topological polar surface area (TPSA) is 84.9 Å². The van der Waals surface area contributed by atoms with Gasteiger partial charge in [-0.3, -0.25) is 4.79 Å². The lowest BCUT2D eigenvalue weighted by Gasteiger charge is -2.14. The molecule has 1 aromatic heterocycles. The Morgan fingerprint density at radius 2 is 1.96 bits per heavy atom. The summed E-state index contributed by atoms with van der Waals surface area (Å²) in [7, 11) is 1.50. The van der Waals surface area contributed by atoms with Gasteiger partial charge in [0.2, 0.25) is 0 Å². The van der Waals surface area contributed by atoms with Gasteiger partial charge >= 0.3 is 5.97 Å². The van der Waals surface area contributed by atoms with Crippen LogP contribution in [0, 0.1) is 6.92 Å². The molecule has 0 aliphatic rings. The molecule has 128 valence electrons. The van der Waals surface area contributed by atoms with E-state index >= 15 is 0 Å². The Bertz CT molecular complexity index is 766. The average Bonchev–Trinajstić information content (AvgIpc) is 2.90. The van der Waals surface area contributed by atoms with Crippen LogP contribution < -0.4 is 14.8 Å². The Balaban J connectivity index is 2.24. The number of aryl methyl sites for hydroxylation is 1. The molecule has 2 aromatic rings.